The van der Waals surface area contributed by atoms with E-state index in [1.807, 2.05) is 41.0 Å². The standard InChI is InChI=1S/C35H39N7O4Si/c1-35(2,3)47(27-11-7-5-8-12-27,28-13-9-6-10-14-28)46-31-23-44-22-30(31)45-33-29(20-41(4)40-33)38-34-37-19-24-17-26(18-36)42(32(24)39-34)25-15-16-43-21-25/h5-14,17,19-20,25,30-31H,15-16,21-23H2,1-4H3,(H,37,38,39)/t25-,30+,31+/m1/s1/i4D3. The fourth-order valence-corrected chi connectivity index (χ4v) is 11.4. The molecular weight excluding hydrogens is 611 g/mol. The lowest BCUT2D eigenvalue weighted by Crippen LogP contribution is -2.68. The Balaban J connectivity index is 1.23. The average Bonchev–Trinajstić information content (AvgIpc) is 3.91. The van der Waals surface area contributed by atoms with E-state index in [9.17, 15) is 5.26 Å². The van der Waals surface area contributed by atoms with E-state index in [-0.39, 0.29) is 35.2 Å². The van der Waals surface area contributed by atoms with Crippen molar-refractivity contribution in [3.8, 4) is 11.9 Å². The zero-order valence-electron chi connectivity index (χ0n) is 29.6. The van der Waals surface area contributed by atoms with Crippen LogP contribution in [0.25, 0.3) is 11.0 Å². The first-order valence-electron chi connectivity index (χ1n) is 17.2. The molecule has 0 saturated carbocycles. The van der Waals surface area contributed by atoms with E-state index >= 15 is 0 Å². The van der Waals surface area contributed by atoms with Crippen molar-refractivity contribution in [1.29, 1.82) is 5.26 Å². The highest BCUT2D eigenvalue weighted by Gasteiger charge is 2.53. The van der Waals surface area contributed by atoms with E-state index in [2.05, 4.69) is 66.5 Å². The molecule has 11 nitrogen and oxygen atoms in total. The molecule has 2 aliphatic heterocycles. The van der Waals surface area contributed by atoms with Crippen molar-refractivity contribution in [1.82, 2.24) is 24.3 Å². The normalized spacial score (nSPS) is 21.2. The molecule has 0 unspecified atom stereocenters. The molecule has 242 valence electrons. The number of nitrogens with zero attached hydrogens (tertiary/aromatic N) is 6. The number of rotatable bonds is 9. The van der Waals surface area contributed by atoms with E-state index in [1.165, 1.54) is 6.20 Å². The van der Waals surface area contributed by atoms with Crippen molar-refractivity contribution >= 4 is 41.4 Å². The first-order valence-corrected chi connectivity index (χ1v) is 17.6. The van der Waals surface area contributed by atoms with Crippen LogP contribution in [0.2, 0.25) is 5.04 Å². The van der Waals surface area contributed by atoms with E-state index in [0.29, 0.717) is 36.5 Å². The molecule has 5 heterocycles. The molecule has 0 bridgehead atoms. The molecule has 0 amide bonds. The number of ether oxygens (including phenoxy) is 3. The third kappa shape index (κ3) is 5.80. The maximum absolute atomic E-state index is 9.83. The van der Waals surface area contributed by atoms with Gasteiger partial charge in [0.05, 0.1) is 32.1 Å². The molecule has 12 heteroatoms. The Morgan fingerprint density at radius 2 is 1.74 bits per heavy atom. The number of hydrogen-bond acceptors (Lipinski definition) is 9. The van der Waals surface area contributed by atoms with Crippen molar-refractivity contribution in [3.05, 3.63) is 84.8 Å². The van der Waals surface area contributed by atoms with E-state index in [1.54, 1.807) is 12.3 Å². The first kappa shape index (κ1) is 27.6. The summed E-state index contributed by atoms with van der Waals surface area (Å²) in [6.07, 6.45) is 2.66. The molecule has 0 aliphatic carbocycles. The summed E-state index contributed by atoms with van der Waals surface area (Å²) in [4.78, 5) is 9.21. The van der Waals surface area contributed by atoms with Gasteiger partial charge in [0.25, 0.3) is 14.2 Å². The number of fused-ring (bicyclic) bond motifs is 1. The predicted octanol–water partition coefficient (Wildman–Crippen LogP) is 4.46. The fourth-order valence-electron chi connectivity index (χ4n) is 6.70. The summed E-state index contributed by atoms with van der Waals surface area (Å²) in [6.45, 7) is 5.65. The smallest absolute Gasteiger partial charge is 0.261 e. The third-order valence-electron chi connectivity index (χ3n) is 8.87. The number of aromatic nitrogens is 5. The molecule has 47 heavy (non-hydrogen) atoms. The van der Waals surface area contributed by atoms with Crippen LogP contribution in [0.15, 0.2) is 79.1 Å². The van der Waals surface area contributed by atoms with Crippen LogP contribution in [0, 0.1) is 11.3 Å². The summed E-state index contributed by atoms with van der Waals surface area (Å²) in [5.41, 5.74) is 1.30. The van der Waals surface area contributed by atoms with Gasteiger partial charge in [0.2, 0.25) is 5.95 Å². The largest absolute Gasteiger partial charge is 0.467 e. The van der Waals surface area contributed by atoms with Gasteiger partial charge in [-0.2, -0.15) is 10.2 Å². The van der Waals surface area contributed by atoms with Gasteiger partial charge in [0.15, 0.2) is 6.10 Å². The Hall–Kier alpha value is -4.54. The third-order valence-corrected chi connectivity index (χ3v) is 13.9. The Bertz CT molecular complexity index is 1960. The molecule has 2 saturated heterocycles. The molecule has 3 atom stereocenters. The van der Waals surface area contributed by atoms with Gasteiger partial charge in [-0.25, -0.2) is 4.98 Å². The maximum Gasteiger partial charge on any atom is 0.261 e. The number of anilines is 2. The minimum atomic E-state index is -2.96. The second-order valence-corrected chi connectivity index (χ2v) is 17.2. The Labute approximate surface area is 279 Å². The van der Waals surface area contributed by atoms with Gasteiger partial charge < -0.3 is 28.5 Å². The number of nitrogens with one attached hydrogen (secondary N) is 1. The van der Waals surface area contributed by atoms with Crippen LogP contribution in [-0.4, -0.2) is 71.3 Å². The first-order chi connectivity index (χ1) is 24.0. The van der Waals surface area contributed by atoms with Gasteiger partial charge in [-0.1, -0.05) is 81.4 Å². The summed E-state index contributed by atoms with van der Waals surface area (Å²) < 4.78 is 52.3. The van der Waals surface area contributed by atoms with Crippen LogP contribution in [0.1, 0.15) is 43.0 Å². The second-order valence-electron chi connectivity index (χ2n) is 12.9. The minimum absolute atomic E-state index is 0.0306. The number of hydrogen-bond donors (Lipinski definition) is 1. The highest BCUT2D eigenvalue weighted by Crippen LogP contribution is 2.39. The zero-order valence-corrected chi connectivity index (χ0v) is 27.6. The highest BCUT2D eigenvalue weighted by molar-refractivity contribution is 6.99. The summed E-state index contributed by atoms with van der Waals surface area (Å²) in [7, 11) is -2.96. The quantitative estimate of drug-likeness (QED) is 0.230. The van der Waals surface area contributed by atoms with Crippen molar-refractivity contribution in [2.24, 2.45) is 6.98 Å². The number of nitriles is 1. The molecule has 3 aromatic heterocycles. The Kier molecular flexibility index (Phi) is 7.37. The molecular formula is C35H39N7O4Si. The van der Waals surface area contributed by atoms with Gasteiger partial charge >= 0.3 is 0 Å². The molecule has 2 fully saturated rings. The van der Waals surface area contributed by atoms with Gasteiger partial charge in [-0.3, -0.25) is 4.68 Å². The lowest BCUT2D eigenvalue weighted by atomic mass is 10.2. The van der Waals surface area contributed by atoms with Crippen molar-refractivity contribution < 1.29 is 22.7 Å². The molecule has 5 aromatic rings. The monoisotopic (exact) mass is 652 g/mol. The van der Waals surface area contributed by atoms with Gasteiger partial charge in [0.1, 0.15) is 29.2 Å². The summed E-state index contributed by atoms with van der Waals surface area (Å²) in [5, 5.41) is 20.0. The summed E-state index contributed by atoms with van der Waals surface area (Å²) in [6, 6.07) is 24.6. The molecule has 7 rings (SSSR count). The van der Waals surface area contributed by atoms with Crippen LogP contribution in [-0.2, 0) is 20.9 Å². The summed E-state index contributed by atoms with van der Waals surface area (Å²) >= 11 is 0. The molecule has 0 spiro atoms. The lowest BCUT2D eigenvalue weighted by molar-refractivity contribution is 0.0808. The van der Waals surface area contributed by atoms with Crippen LogP contribution in [0.5, 0.6) is 5.88 Å². The highest BCUT2D eigenvalue weighted by atomic mass is 28.4. The van der Waals surface area contributed by atoms with E-state index in [4.69, 9.17) is 27.7 Å². The Morgan fingerprint density at radius 1 is 1.02 bits per heavy atom. The fraction of sp³-hybridized carbons (Fsp3) is 0.371. The Morgan fingerprint density at radius 3 is 2.38 bits per heavy atom. The molecule has 2 aliphatic rings. The predicted molar refractivity (Wildman–Crippen MR) is 181 cm³/mol. The van der Waals surface area contributed by atoms with Crippen molar-refractivity contribution in [2.75, 3.05) is 31.7 Å². The van der Waals surface area contributed by atoms with Crippen LogP contribution in [0.3, 0.4) is 0 Å². The van der Waals surface area contributed by atoms with Crippen molar-refractivity contribution in [2.45, 2.75) is 50.5 Å². The topological polar surface area (TPSA) is 121 Å². The number of aryl methyl sites for hydroxylation is 1. The molecule has 0 radical (unpaired) electrons. The van der Waals surface area contributed by atoms with Gasteiger partial charge in [-0.05, 0) is 27.9 Å². The van der Waals surface area contributed by atoms with Crippen LogP contribution < -0.4 is 20.4 Å². The van der Waals surface area contributed by atoms with E-state index in [0.717, 1.165) is 21.5 Å². The van der Waals surface area contributed by atoms with Gasteiger partial charge in [0, 0.05) is 29.3 Å². The second kappa shape index (κ2) is 12.6. The van der Waals surface area contributed by atoms with E-state index < -0.39 is 27.5 Å². The minimum Gasteiger partial charge on any atom is -0.467 e. The SMILES string of the molecule is [2H]C([2H])([2H])n1cc(Nc2ncc3cc(C#N)n([C@@H]4CCOC4)c3n2)c(O[C@H]2COC[C@@H]2O[Si](c2ccccc2)(c2ccccc2)C(C)(C)C)n1. The van der Waals surface area contributed by atoms with Crippen molar-refractivity contribution in [3.63, 3.8) is 0 Å². The van der Waals surface area contributed by atoms with Gasteiger partial charge in [-0.15, -0.1) is 5.10 Å². The number of benzene rings is 2. The zero-order chi connectivity index (χ0) is 35.1. The maximum atomic E-state index is 9.83. The molecule has 1 N–H and O–H groups in total. The summed E-state index contributed by atoms with van der Waals surface area (Å²) in [5.74, 6) is 0.242. The molecule has 2 aromatic carbocycles. The van der Waals surface area contributed by atoms with Crippen LogP contribution >= 0.6 is 0 Å². The average molecular weight is 653 g/mol. The lowest BCUT2D eigenvalue weighted by Gasteiger charge is -2.45. The van der Waals surface area contributed by atoms with Crippen LogP contribution in [0.4, 0.5) is 11.6 Å².